The van der Waals surface area contributed by atoms with Gasteiger partial charge in [0, 0.05) is 11.4 Å². The molecule has 3 amide bonds. The third kappa shape index (κ3) is 5.37. The molecule has 1 aliphatic heterocycles. The van der Waals surface area contributed by atoms with E-state index in [1.54, 1.807) is 36.4 Å². The van der Waals surface area contributed by atoms with Crippen LogP contribution in [-0.2, 0) is 11.3 Å². The van der Waals surface area contributed by atoms with Crippen LogP contribution in [0.1, 0.15) is 56.6 Å². The number of carbonyl (C=O) groups excluding carboxylic acids is 2. The number of amides is 3. The van der Waals surface area contributed by atoms with Crippen LogP contribution < -0.4 is 16.0 Å². The number of guanidine groups is 1. The van der Waals surface area contributed by atoms with Crippen molar-refractivity contribution in [2.45, 2.75) is 57.5 Å². The van der Waals surface area contributed by atoms with Crippen LogP contribution >= 0.6 is 0 Å². The standard InChI is InChI=1S/C26H30N6O2/c1-26(15-18-6-3-2-4-7-18)23(33)32(24(28)31-26)17-20-8-5-9-22(14-20)30-25(34)29-21-12-10-19(16-27)11-13-21/h5,8-14,18H,2-4,6-7,15,17H2,1H3,(H2,28,31)(H2,29,30,34). The van der Waals surface area contributed by atoms with E-state index in [4.69, 9.17) is 10.7 Å². The predicted octanol–water partition coefficient (Wildman–Crippen LogP) is 4.80. The number of nitrogens with one attached hydrogen (secondary N) is 4. The molecule has 1 unspecified atom stereocenters. The number of carbonyl (C=O) groups is 2. The highest BCUT2D eigenvalue weighted by Crippen LogP contribution is 2.33. The van der Waals surface area contributed by atoms with Crippen LogP contribution in [-0.4, -0.2) is 28.3 Å². The second kappa shape index (κ2) is 9.96. The van der Waals surface area contributed by atoms with Gasteiger partial charge in [0.2, 0.25) is 0 Å². The molecule has 0 radical (unpaired) electrons. The minimum Gasteiger partial charge on any atom is -0.342 e. The Balaban J connectivity index is 1.37. The van der Waals surface area contributed by atoms with Gasteiger partial charge >= 0.3 is 6.03 Å². The van der Waals surface area contributed by atoms with Crippen LogP contribution in [0, 0.1) is 22.7 Å². The fraction of sp³-hybridized carbons (Fsp3) is 0.385. The van der Waals surface area contributed by atoms with Crippen molar-refractivity contribution in [3.63, 3.8) is 0 Å². The summed E-state index contributed by atoms with van der Waals surface area (Å²) in [6, 6.07) is 15.5. The molecule has 2 aromatic carbocycles. The van der Waals surface area contributed by atoms with Crippen molar-refractivity contribution in [2.24, 2.45) is 5.92 Å². The summed E-state index contributed by atoms with van der Waals surface area (Å²) in [5, 5.41) is 25.9. The second-order valence-electron chi connectivity index (χ2n) is 9.37. The molecular weight excluding hydrogens is 428 g/mol. The van der Waals surface area contributed by atoms with E-state index in [0.29, 0.717) is 22.9 Å². The minimum absolute atomic E-state index is 0.0694. The molecular formula is C26H30N6O2. The normalized spacial score (nSPS) is 20.5. The maximum atomic E-state index is 13.3. The number of urea groups is 1. The summed E-state index contributed by atoms with van der Waals surface area (Å²) in [5.74, 6) is 0.574. The summed E-state index contributed by atoms with van der Waals surface area (Å²) in [6.45, 7) is 2.17. The SMILES string of the molecule is CC1(CC2CCCCC2)NC(=N)N(Cc2cccc(NC(=O)Nc3ccc(C#N)cc3)c2)C1=O. The molecule has 1 aliphatic carbocycles. The Kier molecular flexibility index (Phi) is 6.82. The number of nitrogens with zero attached hydrogens (tertiary/aromatic N) is 2. The van der Waals surface area contributed by atoms with Gasteiger partial charge in [-0.05, 0) is 61.2 Å². The van der Waals surface area contributed by atoms with Crippen LogP contribution in [0.3, 0.4) is 0 Å². The highest BCUT2D eigenvalue weighted by atomic mass is 16.2. The maximum Gasteiger partial charge on any atom is 0.323 e. The van der Waals surface area contributed by atoms with Gasteiger partial charge in [-0.25, -0.2) is 4.79 Å². The Bertz CT molecular complexity index is 1120. The molecule has 0 aromatic heterocycles. The Hall–Kier alpha value is -3.86. The van der Waals surface area contributed by atoms with Crippen molar-refractivity contribution >= 4 is 29.3 Å². The predicted molar refractivity (Wildman–Crippen MR) is 131 cm³/mol. The first-order chi connectivity index (χ1) is 16.4. The van der Waals surface area contributed by atoms with Crippen molar-refractivity contribution in [1.82, 2.24) is 10.2 Å². The lowest BCUT2D eigenvalue weighted by molar-refractivity contribution is -0.131. The zero-order valence-electron chi connectivity index (χ0n) is 19.4. The molecule has 8 heteroatoms. The molecule has 0 spiro atoms. The van der Waals surface area contributed by atoms with Gasteiger partial charge in [-0.15, -0.1) is 0 Å². The Labute approximate surface area is 199 Å². The molecule has 2 fully saturated rings. The molecule has 1 saturated carbocycles. The number of hydrogen-bond acceptors (Lipinski definition) is 4. The molecule has 176 valence electrons. The van der Waals surface area contributed by atoms with E-state index in [1.165, 1.54) is 24.2 Å². The number of anilines is 2. The van der Waals surface area contributed by atoms with E-state index >= 15 is 0 Å². The first-order valence-electron chi connectivity index (χ1n) is 11.7. The summed E-state index contributed by atoms with van der Waals surface area (Å²) < 4.78 is 0. The van der Waals surface area contributed by atoms with Gasteiger partial charge in [0.05, 0.1) is 18.2 Å². The molecule has 0 bridgehead atoms. The largest absolute Gasteiger partial charge is 0.342 e. The molecule has 1 atom stereocenters. The van der Waals surface area contributed by atoms with E-state index in [-0.39, 0.29) is 18.4 Å². The third-order valence-corrected chi connectivity index (χ3v) is 6.60. The van der Waals surface area contributed by atoms with Gasteiger partial charge in [-0.1, -0.05) is 44.2 Å². The van der Waals surface area contributed by atoms with Crippen LogP contribution in [0.25, 0.3) is 0 Å². The van der Waals surface area contributed by atoms with Crippen LogP contribution in [0.5, 0.6) is 0 Å². The third-order valence-electron chi connectivity index (χ3n) is 6.60. The molecule has 4 rings (SSSR count). The maximum absolute atomic E-state index is 13.3. The van der Waals surface area contributed by atoms with E-state index in [1.807, 2.05) is 25.1 Å². The average molecular weight is 459 g/mol. The van der Waals surface area contributed by atoms with Gasteiger partial charge in [-0.3, -0.25) is 15.1 Å². The van der Waals surface area contributed by atoms with Crippen LogP contribution in [0.15, 0.2) is 48.5 Å². The first kappa shape index (κ1) is 23.3. The summed E-state index contributed by atoms with van der Waals surface area (Å²) in [6.07, 6.45) is 6.75. The summed E-state index contributed by atoms with van der Waals surface area (Å²) in [5.41, 5.74) is 1.76. The highest BCUT2D eigenvalue weighted by molar-refractivity contribution is 6.07. The lowest BCUT2D eigenvalue weighted by Gasteiger charge is -2.30. The molecule has 4 N–H and O–H groups in total. The number of benzene rings is 2. The second-order valence-corrected chi connectivity index (χ2v) is 9.37. The van der Waals surface area contributed by atoms with Gasteiger partial charge in [0.1, 0.15) is 5.54 Å². The molecule has 34 heavy (non-hydrogen) atoms. The van der Waals surface area contributed by atoms with Crippen LogP contribution in [0.2, 0.25) is 0 Å². The van der Waals surface area contributed by atoms with Crippen molar-refractivity contribution in [2.75, 3.05) is 10.6 Å². The topological polar surface area (TPSA) is 121 Å². The Morgan fingerprint density at radius 3 is 2.56 bits per heavy atom. The number of hydrogen-bond donors (Lipinski definition) is 4. The number of rotatable bonds is 6. The van der Waals surface area contributed by atoms with Gasteiger partial charge in [-0.2, -0.15) is 5.26 Å². The van der Waals surface area contributed by atoms with Crippen LogP contribution in [0.4, 0.5) is 16.2 Å². The van der Waals surface area contributed by atoms with E-state index < -0.39 is 11.6 Å². The average Bonchev–Trinajstić information content (AvgIpc) is 3.03. The molecule has 1 saturated heterocycles. The smallest absolute Gasteiger partial charge is 0.323 e. The van der Waals surface area contributed by atoms with Gasteiger partial charge in [0.25, 0.3) is 5.91 Å². The lowest BCUT2D eigenvalue weighted by atomic mass is 9.80. The first-order valence-corrected chi connectivity index (χ1v) is 11.7. The van der Waals surface area contributed by atoms with E-state index in [2.05, 4.69) is 16.0 Å². The fourth-order valence-electron chi connectivity index (χ4n) is 4.89. The molecule has 1 heterocycles. The lowest BCUT2D eigenvalue weighted by Crippen LogP contribution is -2.45. The van der Waals surface area contributed by atoms with Crippen molar-refractivity contribution in [1.29, 1.82) is 10.7 Å². The monoisotopic (exact) mass is 458 g/mol. The fourth-order valence-corrected chi connectivity index (χ4v) is 4.89. The van der Waals surface area contributed by atoms with Crippen molar-refractivity contribution in [3.8, 4) is 6.07 Å². The zero-order chi connectivity index (χ0) is 24.1. The minimum atomic E-state index is -0.740. The van der Waals surface area contributed by atoms with Crippen molar-refractivity contribution in [3.05, 3.63) is 59.7 Å². The Morgan fingerprint density at radius 2 is 1.85 bits per heavy atom. The quantitative estimate of drug-likeness (QED) is 0.497. The van der Waals surface area contributed by atoms with Gasteiger partial charge < -0.3 is 16.0 Å². The zero-order valence-corrected chi connectivity index (χ0v) is 19.4. The molecule has 8 nitrogen and oxygen atoms in total. The van der Waals surface area contributed by atoms with Gasteiger partial charge in [0.15, 0.2) is 5.96 Å². The summed E-state index contributed by atoms with van der Waals surface area (Å²) in [7, 11) is 0. The Morgan fingerprint density at radius 1 is 1.15 bits per heavy atom. The van der Waals surface area contributed by atoms with E-state index in [9.17, 15) is 9.59 Å². The van der Waals surface area contributed by atoms with Crippen molar-refractivity contribution < 1.29 is 9.59 Å². The highest BCUT2D eigenvalue weighted by Gasteiger charge is 2.46. The molecule has 2 aliphatic rings. The summed E-state index contributed by atoms with van der Waals surface area (Å²) in [4.78, 5) is 27.1. The summed E-state index contributed by atoms with van der Waals surface area (Å²) >= 11 is 0. The number of nitriles is 1. The van der Waals surface area contributed by atoms with E-state index in [0.717, 1.165) is 24.8 Å². The molecule has 2 aromatic rings.